The van der Waals surface area contributed by atoms with E-state index in [0.717, 1.165) is 12.5 Å². The van der Waals surface area contributed by atoms with Crippen LogP contribution in [0.5, 0.6) is 0 Å². The van der Waals surface area contributed by atoms with E-state index in [-0.39, 0.29) is 5.91 Å². The number of nitrogens with one attached hydrogen (secondary N) is 1. The number of rotatable bonds is 7. The summed E-state index contributed by atoms with van der Waals surface area (Å²) in [6.45, 7) is 3.38. The molecule has 1 aromatic heterocycles. The molecule has 1 N–H and O–H groups in total. The van der Waals surface area contributed by atoms with Gasteiger partial charge in [-0.2, -0.15) is 0 Å². The van der Waals surface area contributed by atoms with Gasteiger partial charge in [0.1, 0.15) is 6.54 Å². The van der Waals surface area contributed by atoms with Gasteiger partial charge in [0.05, 0.1) is 0 Å². The lowest BCUT2D eigenvalue weighted by Gasteiger charge is -2.20. The van der Waals surface area contributed by atoms with Crippen molar-refractivity contribution in [1.29, 1.82) is 0 Å². The Labute approximate surface area is 121 Å². The molecule has 2 fully saturated rings. The minimum Gasteiger partial charge on any atom is -0.345 e. The van der Waals surface area contributed by atoms with Crippen LogP contribution in [0.15, 0.2) is 18.5 Å². The van der Waals surface area contributed by atoms with Crippen molar-refractivity contribution in [2.75, 3.05) is 13.6 Å². The Hall–Kier alpha value is -1.29. The van der Waals surface area contributed by atoms with Gasteiger partial charge in [0.15, 0.2) is 0 Å². The summed E-state index contributed by atoms with van der Waals surface area (Å²) in [6.07, 6.45) is 9.18. The molecule has 2 aliphatic carbocycles. The highest BCUT2D eigenvalue weighted by molar-refractivity contribution is 5.76. The molecule has 1 atom stereocenters. The SMILES string of the molecule is CCN(C(=O)Cn1ccc(C(NC)C2CC2)c1)C1CC1. The van der Waals surface area contributed by atoms with Crippen LogP contribution in [0.3, 0.4) is 0 Å². The Morgan fingerprint density at radius 3 is 2.75 bits per heavy atom. The summed E-state index contributed by atoms with van der Waals surface area (Å²) in [4.78, 5) is 14.3. The molecule has 2 saturated carbocycles. The van der Waals surface area contributed by atoms with Gasteiger partial charge in [0.2, 0.25) is 5.91 Å². The van der Waals surface area contributed by atoms with E-state index in [0.29, 0.717) is 18.6 Å². The molecule has 0 aliphatic heterocycles. The Balaban J connectivity index is 1.62. The molecule has 0 saturated heterocycles. The maximum atomic E-state index is 12.3. The average Bonchev–Trinajstić information content (AvgIpc) is 3.33. The van der Waals surface area contributed by atoms with Crippen molar-refractivity contribution in [2.24, 2.45) is 5.92 Å². The van der Waals surface area contributed by atoms with Gasteiger partial charge >= 0.3 is 0 Å². The summed E-state index contributed by atoms with van der Waals surface area (Å²) >= 11 is 0. The van der Waals surface area contributed by atoms with Crippen LogP contribution in [0.2, 0.25) is 0 Å². The van der Waals surface area contributed by atoms with Gasteiger partial charge in [-0.05, 0) is 57.2 Å². The van der Waals surface area contributed by atoms with Crippen molar-refractivity contribution in [3.8, 4) is 0 Å². The number of hydrogen-bond acceptors (Lipinski definition) is 2. The molecule has 2 aliphatic rings. The predicted octanol–water partition coefficient (Wildman–Crippen LogP) is 2.17. The Morgan fingerprint density at radius 2 is 2.20 bits per heavy atom. The van der Waals surface area contributed by atoms with Crippen molar-refractivity contribution in [2.45, 2.75) is 51.2 Å². The third kappa shape index (κ3) is 2.90. The van der Waals surface area contributed by atoms with Gasteiger partial charge in [-0.15, -0.1) is 0 Å². The molecule has 0 bridgehead atoms. The first kappa shape index (κ1) is 13.7. The Morgan fingerprint density at radius 1 is 1.45 bits per heavy atom. The largest absolute Gasteiger partial charge is 0.345 e. The molecule has 0 radical (unpaired) electrons. The Kier molecular flexibility index (Phi) is 3.83. The maximum absolute atomic E-state index is 12.3. The van der Waals surface area contributed by atoms with Crippen LogP contribution < -0.4 is 5.32 Å². The molecular weight excluding hydrogens is 250 g/mol. The number of carbonyl (C=O) groups excluding carboxylic acids is 1. The number of likely N-dealkylation sites (N-methyl/N-ethyl adjacent to an activating group) is 1. The van der Waals surface area contributed by atoms with Crippen molar-refractivity contribution in [3.05, 3.63) is 24.0 Å². The van der Waals surface area contributed by atoms with Crippen molar-refractivity contribution in [3.63, 3.8) is 0 Å². The summed E-state index contributed by atoms with van der Waals surface area (Å²) < 4.78 is 2.04. The third-order valence-electron chi connectivity index (χ3n) is 4.50. The van der Waals surface area contributed by atoms with E-state index in [2.05, 4.69) is 24.5 Å². The average molecular weight is 275 g/mol. The van der Waals surface area contributed by atoms with Crippen LogP contribution in [-0.4, -0.2) is 35.0 Å². The molecule has 4 nitrogen and oxygen atoms in total. The van der Waals surface area contributed by atoms with E-state index in [1.165, 1.54) is 31.2 Å². The summed E-state index contributed by atoms with van der Waals surface area (Å²) in [5, 5.41) is 3.40. The summed E-state index contributed by atoms with van der Waals surface area (Å²) in [7, 11) is 2.03. The van der Waals surface area contributed by atoms with Crippen LogP contribution in [0.25, 0.3) is 0 Å². The molecule has 1 heterocycles. The van der Waals surface area contributed by atoms with Crippen LogP contribution >= 0.6 is 0 Å². The fraction of sp³-hybridized carbons (Fsp3) is 0.688. The van der Waals surface area contributed by atoms with E-state index >= 15 is 0 Å². The third-order valence-corrected chi connectivity index (χ3v) is 4.50. The lowest BCUT2D eigenvalue weighted by molar-refractivity contribution is -0.132. The smallest absolute Gasteiger partial charge is 0.242 e. The minimum absolute atomic E-state index is 0.254. The highest BCUT2D eigenvalue weighted by atomic mass is 16.2. The standard InChI is InChI=1S/C16H25N3O/c1-3-19(14-6-7-14)15(20)11-18-9-8-13(10-18)16(17-2)12-4-5-12/h8-10,12,14,16-17H,3-7,11H2,1-2H3. The second-order valence-electron chi connectivity index (χ2n) is 6.13. The topological polar surface area (TPSA) is 37.3 Å². The number of nitrogens with zero attached hydrogens (tertiary/aromatic N) is 2. The van der Waals surface area contributed by atoms with Crippen molar-refractivity contribution >= 4 is 5.91 Å². The Bertz CT molecular complexity index is 474. The van der Waals surface area contributed by atoms with Crippen LogP contribution in [0.4, 0.5) is 0 Å². The molecule has 0 aromatic carbocycles. The van der Waals surface area contributed by atoms with Gasteiger partial charge in [-0.1, -0.05) is 0 Å². The number of hydrogen-bond donors (Lipinski definition) is 1. The maximum Gasteiger partial charge on any atom is 0.242 e. The summed E-state index contributed by atoms with van der Waals surface area (Å²) in [5.74, 6) is 1.04. The molecular formula is C16H25N3O. The fourth-order valence-corrected chi connectivity index (χ4v) is 3.12. The normalized spacial score (nSPS) is 19.9. The molecule has 4 heteroatoms. The first-order valence-electron chi connectivity index (χ1n) is 7.85. The zero-order chi connectivity index (χ0) is 14.1. The van der Waals surface area contributed by atoms with Crippen LogP contribution in [0, 0.1) is 5.92 Å². The van der Waals surface area contributed by atoms with Crippen LogP contribution in [-0.2, 0) is 11.3 Å². The zero-order valence-electron chi connectivity index (χ0n) is 12.5. The molecule has 0 spiro atoms. The monoisotopic (exact) mass is 275 g/mol. The summed E-state index contributed by atoms with van der Waals surface area (Å²) in [5.41, 5.74) is 1.32. The number of aromatic nitrogens is 1. The molecule has 20 heavy (non-hydrogen) atoms. The van der Waals surface area contributed by atoms with E-state index < -0.39 is 0 Å². The quantitative estimate of drug-likeness (QED) is 0.828. The minimum atomic E-state index is 0.254. The highest BCUT2D eigenvalue weighted by Gasteiger charge is 2.33. The summed E-state index contributed by atoms with van der Waals surface area (Å²) in [6, 6.07) is 3.12. The molecule has 3 rings (SSSR count). The zero-order valence-corrected chi connectivity index (χ0v) is 12.5. The molecule has 110 valence electrons. The number of carbonyl (C=O) groups is 1. The lowest BCUT2D eigenvalue weighted by atomic mass is 10.1. The van der Waals surface area contributed by atoms with E-state index in [9.17, 15) is 4.79 Å². The molecule has 1 aromatic rings. The second-order valence-corrected chi connectivity index (χ2v) is 6.13. The van der Waals surface area contributed by atoms with E-state index in [1.54, 1.807) is 0 Å². The van der Waals surface area contributed by atoms with E-state index in [4.69, 9.17) is 0 Å². The highest BCUT2D eigenvalue weighted by Crippen LogP contribution is 2.40. The van der Waals surface area contributed by atoms with Gasteiger partial charge in [0.25, 0.3) is 0 Å². The fourth-order valence-electron chi connectivity index (χ4n) is 3.12. The first-order chi connectivity index (χ1) is 9.72. The second kappa shape index (κ2) is 5.60. The number of amides is 1. The first-order valence-corrected chi connectivity index (χ1v) is 7.85. The predicted molar refractivity (Wildman–Crippen MR) is 79.4 cm³/mol. The van der Waals surface area contributed by atoms with Gasteiger partial charge in [0, 0.05) is 31.0 Å². The lowest BCUT2D eigenvalue weighted by Crippen LogP contribution is -2.35. The van der Waals surface area contributed by atoms with Gasteiger partial charge in [-0.25, -0.2) is 0 Å². The molecule has 1 amide bonds. The van der Waals surface area contributed by atoms with Gasteiger partial charge < -0.3 is 14.8 Å². The van der Waals surface area contributed by atoms with Crippen LogP contribution in [0.1, 0.15) is 44.2 Å². The van der Waals surface area contributed by atoms with Gasteiger partial charge in [-0.3, -0.25) is 4.79 Å². The molecule has 1 unspecified atom stereocenters. The van der Waals surface area contributed by atoms with Crippen molar-refractivity contribution < 1.29 is 4.79 Å². The van der Waals surface area contributed by atoms with Crippen molar-refractivity contribution in [1.82, 2.24) is 14.8 Å². The van der Waals surface area contributed by atoms with E-state index in [1.807, 2.05) is 22.7 Å².